The minimum absolute atomic E-state index is 0.290. The fourth-order valence-electron chi connectivity index (χ4n) is 2.85. The summed E-state index contributed by atoms with van der Waals surface area (Å²) >= 11 is 0. The van der Waals surface area contributed by atoms with Crippen LogP contribution in [0.15, 0.2) is 83.5 Å². The first-order valence-corrected chi connectivity index (χ1v) is 8.71. The third-order valence-electron chi connectivity index (χ3n) is 4.21. The second-order valence-corrected chi connectivity index (χ2v) is 6.13. The number of benzene rings is 2. The topological polar surface area (TPSA) is 83.8 Å². The summed E-state index contributed by atoms with van der Waals surface area (Å²) in [5, 5.41) is 16.2. The van der Waals surface area contributed by atoms with E-state index in [1.54, 1.807) is 41.3 Å². The van der Waals surface area contributed by atoms with Crippen LogP contribution in [0.1, 0.15) is 16.1 Å². The van der Waals surface area contributed by atoms with Crippen molar-refractivity contribution >= 4 is 11.6 Å². The normalized spacial score (nSPS) is 10.4. The lowest BCUT2D eigenvalue weighted by atomic mass is 10.1. The van der Waals surface area contributed by atoms with Crippen LogP contribution in [0, 0.1) is 11.3 Å². The SMILES string of the molecule is N#CCc1ccc(NC(=O)c2cc(-c3ccco3)nn2-c2ccccc2)cc1. The van der Waals surface area contributed by atoms with Gasteiger partial charge in [0.15, 0.2) is 5.76 Å². The molecule has 0 spiro atoms. The van der Waals surface area contributed by atoms with Crippen molar-refractivity contribution in [1.29, 1.82) is 5.26 Å². The van der Waals surface area contributed by atoms with Crippen LogP contribution in [0.2, 0.25) is 0 Å². The first-order chi connectivity index (χ1) is 13.7. The number of rotatable bonds is 5. The highest BCUT2D eigenvalue weighted by Gasteiger charge is 2.19. The van der Waals surface area contributed by atoms with Crippen molar-refractivity contribution in [2.75, 3.05) is 5.32 Å². The van der Waals surface area contributed by atoms with Gasteiger partial charge in [0, 0.05) is 11.8 Å². The maximum atomic E-state index is 12.9. The Bertz CT molecular complexity index is 1120. The molecule has 4 rings (SSSR count). The number of anilines is 1. The van der Waals surface area contributed by atoms with Gasteiger partial charge >= 0.3 is 0 Å². The van der Waals surface area contributed by atoms with Gasteiger partial charge in [-0.05, 0) is 42.0 Å². The first kappa shape index (κ1) is 17.3. The standard InChI is InChI=1S/C22H16N4O2/c23-13-12-16-8-10-17(11-9-16)24-22(27)20-15-19(21-7-4-14-28-21)25-26(20)18-5-2-1-3-6-18/h1-11,14-15H,12H2,(H,24,27). The fourth-order valence-corrected chi connectivity index (χ4v) is 2.85. The number of aromatic nitrogens is 2. The number of nitrogens with one attached hydrogen (secondary N) is 1. The smallest absolute Gasteiger partial charge is 0.274 e. The average molecular weight is 368 g/mol. The van der Waals surface area contributed by atoms with Crippen molar-refractivity contribution in [1.82, 2.24) is 9.78 Å². The molecule has 0 aliphatic heterocycles. The van der Waals surface area contributed by atoms with Crippen molar-refractivity contribution in [2.24, 2.45) is 0 Å². The van der Waals surface area contributed by atoms with Gasteiger partial charge in [-0.25, -0.2) is 4.68 Å². The third kappa shape index (κ3) is 3.55. The van der Waals surface area contributed by atoms with Gasteiger partial charge in [-0.1, -0.05) is 30.3 Å². The molecule has 6 heteroatoms. The number of nitrogens with zero attached hydrogens (tertiary/aromatic N) is 3. The van der Waals surface area contributed by atoms with Crippen molar-refractivity contribution in [3.8, 4) is 23.2 Å². The van der Waals surface area contributed by atoms with E-state index in [1.165, 1.54) is 0 Å². The molecule has 6 nitrogen and oxygen atoms in total. The second kappa shape index (κ2) is 7.64. The highest BCUT2D eigenvalue weighted by atomic mass is 16.3. The molecule has 28 heavy (non-hydrogen) atoms. The zero-order valence-corrected chi connectivity index (χ0v) is 14.9. The minimum Gasteiger partial charge on any atom is -0.463 e. The molecule has 0 saturated heterocycles. The molecule has 2 aromatic carbocycles. The van der Waals surface area contributed by atoms with Gasteiger partial charge in [0.25, 0.3) is 5.91 Å². The Morgan fingerprint density at radius 1 is 1.07 bits per heavy atom. The Morgan fingerprint density at radius 3 is 2.54 bits per heavy atom. The molecule has 0 saturated carbocycles. The third-order valence-corrected chi connectivity index (χ3v) is 4.21. The van der Waals surface area contributed by atoms with E-state index in [1.807, 2.05) is 42.5 Å². The Morgan fingerprint density at radius 2 is 1.86 bits per heavy atom. The van der Waals surface area contributed by atoms with E-state index in [9.17, 15) is 4.79 Å². The summed E-state index contributed by atoms with van der Waals surface area (Å²) in [4.78, 5) is 12.9. The molecule has 0 unspecified atom stereocenters. The molecule has 0 radical (unpaired) electrons. The molecule has 0 aliphatic carbocycles. The molecule has 0 fully saturated rings. The van der Waals surface area contributed by atoms with Gasteiger partial charge in [0.05, 0.1) is 24.4 Å². The number of amides is 1. The maximum Gasteiger partial charge on any atom is 0.274 e. The monoisotopic (exact) mass is 368 g/mol. The molecule has 0 aliphatic rings. The number of hydrogen-bond donors (Lipinski definition) is 1. The van der Waals surface area contributed by atoms with Gasteiger partial charge in [-0.3, -0.25) is 4.79 Å². The lowest BCUT2D eigenvalue weighted by molar-refractivity contribution is 0.101. The highest BCUT2D eigenvalue weighted by Crippen LogP contribution is 2.23. The summed E-state index contributed by atoms with van der Waals surface area (Å²) in [6, 6.07) is 24.0. The second-order valence-electron chi connectivity index (χ2n) is 6.13. The van der Waals surface area contributed by atoms with E-state index >= 15 is 0 Å². The first-order valence-electron chi connectivity index (χ1n) is 8.71. The Labute approximate surface area is 161 Å². The quantitative estimate of drug-likeness (QED) is 0.564. The lowest BCUT2D eigenvalue weighted by Gasteiger charge is -2.08. The van der Waals surface area contributed by atoms with Crippen LogP contribution >= 0.6 is 0 Å². The summed E-state index contributed by atoms with van der Waals surface area (Å²) in [5.74, 6) is 0.298. The van der Waals surface area contributed by atoms with Crippen molar-refractivity contribution < 1.29 is 9.21 Å². The van der Waals surface area contributed by atoms with Crippen molar-refractivity contribution in [3.05, 3.63) is 90.3 Å². The van der Waals surface area contributed by atoms with Crippen LogP contribution in [0.25, 0.3) is 17.1 Å². The number of hydrogen-bond acceptors (Lipinski definition) is 4. The Hall–Kier alpha value is -4.11. The van der Waals surface area contributed by atoms with Gasteiger partial charge in [-0.2, -0.15) is 10.4 Å². The van der Waals surface area contributed by atoms with Gasteiger partial charge in [-0.15, -0.1) is 0 Å². The van der Waals surface area contributed by atoms with E-state index in [0.29, 0.717) is 29.3 Å². The van der Waals surface area contributed by atoms with Crippen LogP contribution in [0.4, 0.5) is 5.69 Å². The summed E-state index contributed by atoms with van der Waals surface area (Å²) in [6.45, 7) is 0. The molecule has 1 amide bonds. The van der Waals surface area contributed by atoms with Crippen molar-refractivity contribution in [2.45, 2.75) is 6.42 Å². The Kier molecular flexibility index (Phi) is 4.72. The summed E-state index contributed by atoms with van der Waals surface area (Å²) in [7, 11) is 0. The Balaban J connectivity index is 1.67. The number of carbonyl (C=O) groups excluding carboxylic acids is 1. The number of carbonyl (C=O) groups is 1. The predicted molar refractivity (Wildman–Crippen MR) is 105 cm³/mol. The van der Waals surface area contributed by atoms with Crippen LogP contribution in [-0.2, 0) is 6.42 Å². The van der Waals surface area contributed by atoms with Crippen LogP contribution in [-0.4, -0.2) is 15.7 Å². The van der Waals surface area contributed by atoms with Crippen LogP contribution in [0.5, 0.6) is 0 Å². The number of nitriles is 1. The maximum absolute atomic E-state index is 12.9. The van der Waals surface area contributed by atoms with Crippen LogP contribution in [0.3, 0.4) is 0 Å². The van der Waals surface area contributed by atoms with E-state index in [4.69, 9.17) is 9.68 Å². The molecule has 136 valence electrons. The molecular weight excluding hydrogens is 352 g/mol. The molecule has 2 heterocycles. The van der Waals surface area contributed by atoms with E-state index in [2.05, 4.69) is 16.5 Å². The largest absolute Gasteiger partial charge is 0.463 e. The lowest BCUT2D eigenvalue weighted by Crippen LogP contribution is -2.16. The average Bonchev–Trinajstić information content (AvgIpc) is 3.40. The number of para-hydroxylation sites is 1. The van der Waals surface area contributed by atoms with E-state index in [0.717, 1.165) is 11.3 Å². The van der Waals surface area contributed by atoms with E-state index in [-0.39, 0.29) is 5.91 Å². The summed E-state index contributed by atoms with van der Waals surface area (Å²) in [6.07, 6.45) is 1.90. The summed E-state index contributed by atoms with van der Waals surface area (Å²) in [5.41, 5.74) is 3.28. The van der Waals surface area contributed by atoms with Gasteiger partial charge < -0.3 is 9.73 Å². The fraction of sp³-hybridized carbons (Fsp3) is 0.0455. The summed E-state index contributed by atoms with van der Waals surface area (Å²) < 4.78 is 7.02. The molecule has 4 aromatic rings. The molecule has 1 N–H and O–H groups in total. The molecular formula is C22H16N4O2. The molecule has 0 atom stereocenters. The minimum atomic E-state index is -0.290. The molecule has 2 aromatic heterocycles. The zero-order valence-electron chi connectivity index (χ0n) is 14.9. The van der Waals surface area contributed by atoms with Crippen LogP contribution < -0.4 is 5.32 Å². The highest BCUT2D eigenvalue weighted by molar-refractivity contribution is 6.04. The van der Waals surface area contributed by atoms with Gasteiger partial charge in [0.2, 0.25) is 0 Å². The predicted octanol–water partition coefficient (Wildman–Crippen LogP) is 4.45. The zero-order chi connectivity index (χ0) is 19.3. The van der Waals surface area contributed by atoms with Crippen molar-refractivity contribution in [3.63, 3.8) is 0 Å². The van der Waals surface area contributed by atoms with E-state index < -0.39 is 0 Å². The molecule has 0 bridgehead atoms. The number of furan rings is 1. The van der Waals surface area contributed by atoms with Gasteiger partial charge in [0.1, 0.15) is 11.4 Å².